The minimum absolute atomic E-state index is 0.171. The molecule has 31 heavy (non-hydrogen) atoms. The maximum atomic E-state index is 14.4. The Bertz CT molecular complexity index is 1030. The fraction of sp³-hybridized carbons (Fsp3) is 0.217. The normalized spacial score (nSPS) is 11.6. The van der Waals surface area contributed by atoms with Gasteiger partial charge >= 0.3 is 6.11 Å². The van der Waals surface area contributed by atoms with E-state index in [1.54, 1.807) is 6.92 Å². The Morgan fingerprint density at radius 2 is 1.16 bits per heavy atom. The van der Waals surface area contributed by atoms with Crippen LogP contribution in [0.3, 0.4) is 0 Å². The van der Waals surface area contributed by atoms with Crippen LogP contribution in [0.25, 0.3) is 0 Å². The molecular formula is C23H17F7O. The van der Waals surface area contributed by atoms with Crippen molar-refractivity contribution in [3.8, 4) is 5.75 Å². The third-order valence-corrected chi connectivity index (χ3v) is 4.72. The molecule has 0 aliphatic carbocycles. The second-order valence-electron chi connectivity index (χ2n) is 6.92. The van der Waals surface area contributed by atoms with Crippen molar-refractivity contribution in [3.63, 3.8) is 0 Å². The quantitative estimate of drug-likeness (QED) is 0.287. The first-order valence-corrected chi connectivity index (χ1v) is 9.38. The van der Waals surface area contributed by atoms with Gasteiger partial charge < -0.3 is 4.74 Å². The summed E-state index contributed by atoms with van der Waals surface area (Å²) in [6.45, 7) is 1.63. The summed E-state index contributed by atoms with van der Waals surface area (Å²) in [4.78, 5) is 0. The van der Waals surface area contributed by atoms with E-state index in [0.29, 0.717) is 5.56 Å². The molecule has 0 fully saturated rings. The highest BCUT2D eigenvalue weighted by atomic mass is 19.3. The number of rotatable bonds is 7. The van der Waals surface area contributed by atoms with E-state index in [-0.39, 0.29) is 36.1 Å². The lowest BCUT2D eigenvalue weighted by atomic mass is 10.0. The van der Waals surface area contributed by atoms with Gasteiger partial charge in [0.2, 0.25) is 0 Å². The summed E-state index contributed by atoms with van der Waals surface area (Å²) >= 11 is 0. The van der Waals surface area contributed by atoms with Crippen molar-refractivity contribution < 1.29 is 35.5 Å². The molecule has 0 bridgehead atoms. The molecule has 0 atom stereocenters. The Morgan fingerprint density at radius 3 is 1.68 bits per heavy atom. The van der Waals surface area contributed by atoms with Crippen LogP contribution in [-0.2, 0) is 25.4 Å². The van der Waals surface area contributed by atoms with Crippen LogP contribution in [0, 0.1) is 29.1 Å². The van der Waals surface area contributed by atoms with Crippen molar-refractivity contribution in [3.05, 3.63) is 99.9 Å². The fourth-order valence-corrected chi connectivity index (χ4v) is 3.07. The SMILES string of the molecule is CCc1cc(F)c(C(F)(F)Oc2ccc(CCc3cc(F)c(F)c(F)c3)cc2)c(F)c1. The summed E-state index contributed by atoms with van der Waals surface area (Å²) in [5.74, 6) is -7.29. The number of ether oxygens (including phenoxy) is 1. The predicted molar refractivity (Wildman–Crippen MR) is 100 cm³/mol. The van der Waals surface area contributed by atoms with Crippen LogP contribution in [0.4, 0.5) is 30.7 Å². The number of aryl methyl sites for hydroxylation is 3. The molecule has 0 N–H and O–H groups in total. The van der Waals surface area contributed by atoms with Gasteiger partial charge in [0.05, 0.1) is 0 Å². The van der Waals surface area contributed by atoms with Crippen LogP contribution in [0.5, 0.6) is 5.75 Å². The molecule has 0 saturated carbocycles. The first kappa shape index (κ1) is 22.7. The minimum atomic E-state index is -4.24. The highest BCUT2D eigenvalue weighted by molar-refractivity contribution is 5.32. The van der Waals surface area contributed by atoms with Gasteiger partial charge in [0.1, 0.15) is 22.9 Å². The average Bonchev–Trinajstić information content (AvgIpc) is 2.70. The zero-order chi connectivity index (χ0) is 22.8. The molecule has 3 aromatic carbocycles. The van der Waals surface area contributed by atoms with Crippen molar-refractivity contribution >= 4 is 0 Å². The van der Waals surface area contributed by atoms with E-state index in [2.05, 4.69) is 4.74 Å². The molecule has 3 aromatic rings. The number of hydrogen-bond acceptors (Lipinski definition) is 1. The van der Waals surface area contributed by atoms with Crippen molar-refractivity contribution in [2.45, 2.75) is 32.3 Å². The Labute approximate surface area is 174 Å². The van der Waals surface area contributed by atoms with Gasteiger partial charge in [-0.1, -0.05) is 19.1 Å². The van der Waals surface area contributed by atoms with E-state index in [0.717, 1.165) is 24.3 Å². The first-order valence-electron chi connectivity index (χ1n) is 9.38. The summed E-state index contributed by atoms with van der Waals surface area (Å²) in [5.41, 5.74) is -0.399. The highest BCUT2D eigenvalue weighted by Gasteiger charge is 2.41. The molecule has 0 aliphatic heterocycles. The van der Waals surface area contributed by atoms with Crippen LogP contribution >= 0.6 is 0 Å². The van der Waals surface area contributed by atoms with E-state index in [1.165, 1.54) is 24.3 Å². The summed E-state index contributed by atoms with van der Waals surface area (Å²) in [5, 5.41) is 0. The van der Waals surface area contributed by atoms with Crippen LogP contribution in [0.2, 0.25) is 0 Å². The molecule has 0 saturated heterocycles. The molecule has 8 heteroatoms. The molecule has 0 amide bonds. The summed E-state index contributed by atoms with van der Waals surface area (Å²) in [6.07, 6.45) is -3.52. The number of hydrogen-bond donors (Lipinski definition) is 0. The van der Waals surface area contributed by atoms with E-state index in [9.17, 15) is 30.7 Å². The maximum absolute atomic E-state index is 14.4. The third-order valence-electron chi connectivity index (χ3n) is 4.72. The van der Waals surface area contributed by atoms with E-state index in [1.807, 2.05) is 0 Å². The summed E-state index contributed by atoms with van der Waals surface area (Å²) in [7, 11) is 0. The van der Waals surface area contributed by atoms with Gasteiger partial charge in [0, 0.05) is 0 Å². The van der Waals surface area contributed by atoms with E-state index >= 15 is 0 Å². The lowest BCUT2D eigenvalue weighted by Crippen LogP contribution is -2.25. The van der Waals surface area contributed by atoms with Gasteiger partial charge in [-0.15, -0.1) is 0 Å². The number of alkyl halides is 2. The standard InChI is InChI=1S/C23H17F7O/c1-2-13-9-17(24)21(18(25)10-13)23(29,30)31-16-7-5-14(6-8-16)3-4-15-11-19(26)22(28)20(27)12-15/h5-12H,2-4H2,1H3. The monoisotopic (exact) mass is 442 g/mol. The zero-order valence-corrected chi connectivity index (χ0v) is 16.3. The molecule has 0 heterocycles. The lowest BCUT2D eigenvalue weighted by molar-refractivity contribution is -0.189. The van der Waals surface area contributed by atoms with Gasteiger partial charge in [-0.05, 0) is 72.4 Å². The zero-order valence-electron chi connectivity index (χ0n) is 16.3. The molecule has 3 rings (SSSR count). The molecular weight excluding hydrogens is 425 g/mol. The van der Waals surface area contributed by atoms with Crippen LogP contribution < -0.4 is 4.74 Å². The van der Waals surface area contributed by atoms with Gasteiger partial charge in [0.15, 0.2) is 17.5 Å². The van der Waals surface area contributed by atoms with Crippen LogP contribution in [-0.4, -0.2) is 0 Å². The van der Waals surface area contributed by atoms with Gasteiger partial charge in [-0.3, -0.25) is 0 Å². The van der Waals surface area contributed by atoms with Gasteiger partial charge in [-0.25, -0.2) is 22.0 Å². The Kier molecular flexibility index (Phi) is 6.57. The molecule has 1 nitrogen and oxygen atoms in total. The van der Waals surface area contributed by atoms with Crippen LogP contribution in [0.1, 0.15) is 29.2 Å². The fourth-order valence-electron chi connectivity index (χ4n) is 3.07. The number of halogens is 7. The maximum Gasteiger partial charge on any atom is 0.432 e. The lowest BCUT2D eigenvalue weighted by Gasteiger charge is -2.20. The Morgan fingerprint density at radius 1 is 0.677 bits per heavy atom. The largest absolute Gasteiger partial charge is 0.432 e. The molecule has 164 valence electrons. The van der Waals surface area contributed by atoms with Gasteiger partial charge in [0.25, 0.3) is 0 Å². The second-order valence-corrected chi connectivity index (χ2v) is 6.92. The average molecular weight is 442 g/mol. The smallest absolute Gasteiger partial charge is 0.429 e. The highest BCUT2D eigenvalue weighted by Crippen LogP contribution is 2.35. The first-order chi connectivity index (χ1) is 14.6. The van der Waals surface area contributed by atoms with Crippen LogP contribution in [0.15, 0.2) is 48.5 Å². The molecule has 0 unspecified atom stereocenters. The third kappa shape index (κ3) is 5.18. The minimum Gasteiger partial charge on any atom is -0.429 e. The van der Waals surface area contributed by atoms with Crippen molar-refractivity contribution in [2.75, 3.05) is 0 Å². The predicted octanol–water partition coefficient (Wildman–Crippen LogP) is 6.86. The second kappa shape index (κ2) is 8.99. The number of benzene rings is 3. The van der Waals surface area contributed by atoms with E-state index in [4.69, 9.17) is 0 Å². The molecule has 0 radical (unpaired) electrons. The van der Waals surface area contributed by atoms with Crippen molar-refractivity contribution in [2.24, 2.45) is 0 Å². The van der Waals surface area contributed by atoms with E-state index < -0.39 is 40.8 Å². The Hall–Kier alpha value is -3.03. The molecule has 0 aliphatic rings. The van der Waals surface area contributed by atoms with Crippen molar-refractivity contribution in [1.82, 2.24) is 0 Å². The summed E-state index contributed by atoms with van der Waals surface area (Å²) in [6, 6.07) is 8.65. The topological polar surface area (TPSA) is 9.23 Å². The van der Waals surface area contributed by atoms with Crippen molar-refractivity contribution in [1.29, 1.82) is 0 Å². The molecule has 0 aromatic heterocycles. The Balaban J connectivity index is 1.70. The summed E-state index contributed by atoms with van der Waals surface area (Å²) < 4.78 is 101. The molecule has 0 spiro atoms. The van der Waals surface area contributed by atoms with Gasteiger partial charge in [-0.2, -0.15) is 8.78 Å².